The predicted molar refractivity (Wildman–Crippen MR) is 128 cm³/mol. The standard InChI is InChI=1S/C28H29NO4/c1-28(2,3)33-27(31)29-25(17-19-11-5-4-6-12-19)26(30)32-18-24-22-15-9-7-13-20(22)21-14-8-10-16-23(21)24/h4-16,24-25H,17-18H2,1-3H3,(H,29,31)/t25-/m1/s1. The van der Waals surface area contributed by atoms with Crippen molar-refractivity contribution < 1.29 is 19.1 Å². The Kier molecular flexibility index (Phi) is 6.50. The zero-order valence-electron chi connectivity index (χ0n) is 19.2. The minimum Gasteiger partial charge on any atom is -0.463 e. The zero-order valence-corrected chi connectivity index (χ0v) is 19.2. The second-order valence-corrected chi connectivity index (χ2v) is 9.25. The molecule has 0 aromatic heterocycles. The number of esters is 1. The SMILES string of the molecule is CC(C)(C)OC(=O)N[C@H](Cc1ccccc1)C(=O)OCC1c2ccccc2-c2ccccc21. The molecule has 1 amide bonds. The van der Waals surface area contributed by atoms with Gasteiger partial charge in [0.05, 0.1) is 0 Å². The number of fused-ring (bicyclic) bond motifs is 3. The van der Waals surface area contributed by atoms with Crippen LogP contribution in [0.5, 0.6) is 0 Å². The molecule has 0 unspecified atom stereocenters. The highest BCUT2D eigenvalue weighted by atomic mass is 16.6. The van der Waals surface area contributed by atoms with Crippen molar-refractivity contribution in [1.82, 2.24) is 5.32 Å². The number of carbonyl (C=O) groups is 2. The van der Waals surface area contributed by atoms with E-state index in [1.807, 2.05) is 54.6 Å². The molecular formula is C28H29NO4. The van der Waals surface area contributed by atoms with E-state index in [0.717, 1.165) is 16.7 Å². The Morgan fingerprint density at radius 2 is 1.39 bits per heavy atom. The molecule has 1 atom stereocenters. The minimum absolute atomic E-state index is 0.0414. The number of hydrogen-bond acceptors (Lipinski definition) is 4. The van der Waals surface area contributed by atoms with Crippen molar-refractivity contribution in [1.29, 1.82) is 0 Å². The van der Waals surface area contributed by atoms with Crippen LogP contribution in [0, 0.1) is 0 Å². The maximum absolute atomic E-state index is 13.1. The molecule has 0 fully saturated rings. The number of carbonyl (C=O) groups excluding carboxylic acids is 2. The largest absolute Gasteiger partial charge is 0.463 e. The summed E-state index contributed by atoms with van der Waals surface area (Å²) in [6.45, 7) is 5.55. The molecule has 33 heavy (non-hydrogen) atoms. The topological polar surface area (TPSA) is 64.6 Å². The third-order valence-electron chi connectivity index (χ3n) is 5.61. The van der Waals surface area contributed by atoms with Crippen molar-refractivity contribution in [2.24, 2.45) is 0 Å². The maximum atomic E-state index is 13.1. The highest BCUT2D eigenvalue weighted by molar-refractivity contribution is 5.82. The number of ether oxygens (including phenoxy) is 2. The Labute approximate surface area is 194 Å². The molecule has 170 valence electrons. The Morgan fingerprint density at radius 3 is 1.97 bits per heavy atom. The van der Waals surface area contributed by atoms with Gasteiger partial charge < -0.3 is 14.8 Å². The van der Waals surface area contributed by atoms with E-state index in [0.29, 0.717) is 6.42 Å². The molecule has 0 spiro atoms. The van der Waals surface area contributed by atoms with Gasteiger partial charge in [-0.1, -0.05) is 78.9 Å². The van der Waals surface area contributed by atoms with Gasteiger partial charge in [0, 0.05) is 12.3 Å². The summed E-state index contributed by atoms with van der Waals surface area (Å²) in [5.41, 5.74) is 4.89. The Morgan fingerprint density at radius 1 is 0.848 bits per heavy atom. The van der Waals surface area contributed by atoms with Crippen molar-refractivity contribution in [2.75, 3.05) is 6.61 Å². The van der Waals surface area contributed by atoms with E-state index in [-0.39, 0.29) is 12.5 Å². The lowest BCUT2D eigenvalue weighted by molar-refractivity contribution is -0.146. The molecule has 4 rings (SSSR count). The van der Waals surface area contributed by atoms with Crippen LogP contribution in [0.3, 0.4) is 0 Å². The Hall–Kier alpha value is -3.60. The van der Waals surface area contributed by atoms with Gasteiger partial charge in [0.2, 0.25) is 0 Å². The fraction of sp³-hybridized carbons (Fsp3) is 0.286. The number of alkyl carbamates (subject to hydrolysis) is 1. The molecule has 0 aliphatic heterocycles. The van der Waals surface area contributed by atoms with E-state index in [9.17, 15) is 9.59 Å². The molecular weight excluding hydrogens is 414 g/mol. The van der Waals surface area contributed by atoms with Gasteiger partial charge in [0.15, 0.2) is 0 Å². The van der Waals surface area contributed by atoms with Crippen LogP contribution < -0.4 is 5.32 Å². The summed E-state index contributed by atoms with van der Waals surface area (Å²) < 4.78 is 11.2. The Balaban J connectivity index is 1.50. The van der Waals surface area contributed by atoms with Gasteiger partial charge >= 0.3 is 12.1 Å². The smallest absolute Gasteiger partial charge is 0.408 e. The van der Waals surface area contributed by atoms with Gasteiger partial charge in [0.25, 0.3) is 0 Å². The van der Waals surface area contributed by atoms with Crippen LogP contribution in [0.1, 0.15) is 43.4 Å². The molecule has 1 aliphatic rings. The van der Waals surface area contributed by atoms with Crippen molar-refractivity contribution in [2.45, 2.75) is 44.8 Å². The van der Waals surface area contributed by atoms with E-state index >= 15 is 0 Å². The summed E-state index contributed by atoms with van der Waals surface area (Å²) >= 11 is 0. The minimum atomic E-state index is -0.853. The summed E-state index contributed by atoms with van der Waals surface area (Å²) in [6, 6.07) is 25.1. The molecule has 1 aliphatic carbocycles. The van der Waals surface area contributed by atoms with Gasteiger partial charge in [-0.25, -0.2) is 9.59 Å². The van der Waals surface area contributed by atoms with Gasteiger partial charge in [-0.2, -0.15) is 0 Å². The van der Waals surface area contributed by atoms with Gasteiger partial charge in [0.1, 0.15) is 18.2 Å². The van der Waals surface area contributed by atoms with Crippen LogP contribution in [0.4, 0.5) is 4.79 Å². The summed E-state index contributed by atoms with van der Waals surface area (Å²) in [4.78, 5) is 25.5. The average molecular weight is 444 g/mol. The lowest BCUT2D eigenvalue weighted by atomic mass is 9.98. The van der Waals surface area contributed by atoms with Crippen LogP contribution in [0.2, 0.25) is 0 Å². The average Bonchev–Trinajstić information content (AvgIpc) is 3.10. The first-order valence-corrected chi connectivity index (χ1v) is 11.2. The number of nitrogens with one attached hydrogen (secondary N) is 1. The Bertz CT molecular complexity index is 1090. The molecule has 5 heteroatoms. The quantitative estimate of drug-likeness (QED) is 0.513. The second kappa shape index (κ2) is 9.49. The molecule has 0 saturated carbocycles. The summed E-state index contributed by atoms with van der Waals surface area (Å²) in [5.74, 6) is -0.521. The number of rotatable bonds is 6. The van der Waals surface area contributed by atoms with E-state index in [4.69, 9.17) is 9.47 Å². The lowest BCUT2D eigenvalue weighted by Crippen LogP contribution is -2.45. The van der Waals surface area contributed by atoms with Crippen molar-refractivity contribution >= 4 is 12.1 Å². The first kappa shape index (κ1) is 22.6. The van der Waals surface area contributed by atoms with Crippen molar-refractivity contribution in [3.05, 3.63) is 95.6 Å². The number of hydrogen-bond donors (Lipinski definition) is 1. The van der Waals surface area contributed by atoms with Gasteiger partial charge in [-0.15, -0.1) is 0 Å². The molecule has 0 bridgehead atoms. The molecule has 3 aromatic carbocycles. The van der Waals surface area contributed by atoms with Crippen molar-refractivity contribution in [3.8, 4) is 11.1 Å². The number of benzene rings is 3. The van der Waals surface area contributed by atoms with Crippen LogP contribution in [0.15, 0.2) is 78.9 Å². The molecule has 0 saturated heterocycles. The monoisotopic (exact) mass is 443 g/mol. The third kappa shape index (κ3) is 5.43. The maximum Gasteiger partial charge on any atom is 0.408 e. The second-order valence-electron chi connectivity index (χ2n) is 9.25. The van der Waals surface area contributed by atoms with Crippen LogP contribution in [-0.4, -0.2) is 30.3 Å². The summed E-state index contributed by atoms with van der Waals surface area (Å²) in [6.07, 6.45) is -0.325. The first-order valence-electron chi connectivity index (χ1n) is 11.2. The molecule has 0 radical (unpaired) electrons. The normalized spacial score (nSPS) is 13.5. The molecule has 5 nitrogen and oxygen atoms in total. The molecule has 1 N–H and O–H groups in total. The number of amides is 1. The van der Waals surface area contributed by atoms with Crippen LogP contribution in [0.25, 0.3) is 11.1 Å². The first-order chi connectivity index (χ1) is 15.8. The lowest BCUT2D eigenvalue weighted by Gasteiger charge is -2.23. The van der Waals surface area contributed by atoms with E-state index in [2.05, 4.69) is 29.6 Å². The van der Waals surface area contributed by atoms with Crippen LogP contribution in [-0.2, 0) is 20.7 Å². The van der Waals surface area contributed by atoms with E-state index in [1.54, 1.807) is 20.8 Å². The van der Waals surface area contributed by atoms with E-state index in [1.165, 1.54) is 11.1 Å². The van der Waals surface area contributed by atoms with E-state index < -0.39 is 23.7 Å². The van der Waals surface area contributed by atoms with Gasteiger partial charge in [-0.3, -0.25) is 0 Å². The highest BCUT2D eigenvalue weighted by Crippen LogP contribution is 2.44. The highest BCUT2D eigenvalue weighted by Gasteiger charge is 2.31. The third-order valence-corrected chi connectivity index (χ3v) is 5.61. The predicted octanol–water partition coefficient (Wildman–Crippen LogP) is 5.48. The fourth-order valence-corrected chi connectivity index (χ4v) is 4.20. The zero-order chi connectivity index (χ0) is 23.4. The fourth-order valence-electron chi connectivity index (χ4n) is 4.20. The van der Waals surface area contributed by atoms with Crippen molar-refractivity contribution in [3.63, 3.8) is 0 Å². The summed E-state index contributed by atoms with van der Waals surface area (Å²) in [7, 11) is 0. The van der Waals surface area contributed by atoms with Gasteiger partial charge in [-0.05, 0) is 48.6 Å². The summed E-state index contributed by atoms with van der Waals surface area (Å²) in [5, 5.41) is 2.70. The molecule has 3 aromatic rings. The van der Waals surface area contributed by atoms with Crippen LogP contribution >= 0.6 is 0 Å². The molecule has 0 heterocycles.